The van der Waals surface area contributed by atoms with E-state index in [9.17, 15) is 18.0 Å². The second kappa shape index (κ2) is 7.35. The molecule has 0 radical (unpaired) electrons. The van der Waals surface area contributed by atoms with Gasteiger partial charge in [0.1, 0.15) is 6.54 Å². The zero-order valence-electron chi connectivity index (χ0n) is 15.5. The third kappa shape index (κ3) is 3.85. The minimum absolute atomic E-state index is 0.164. The molecule has 0 atom stereocenters. The monoisotopic (exact) mass is 410 g/mol. The van der Waals surface area contributed by atoms with E-state index >= 15 is 0 Å². The number of hydrogen-bond donors (Lipinski definition) is 0. The number of carbonyl (C=O) groups excluding carboxylic acids is 1. The number of alkyl halides is 3. The maximum absolute atomic E-state index is 12.8. The summed E-state index contributed by atoms with van der Waals surface area (Å²) in [5.41, 5.74) is 0.453. The quantitative estimate of drug-likeness (QED) is 0.768. The summed E-state index contributed by atoms with van der Waals surface area (Å²) in [5.74, 6) is 0.149. The van der Waals surface area contributed by atoms with Gasteiger partial charge in [-0.25, -0.2) is 4.98 Å². The van der Waals surface area contributed by atoms with Crippen molar-refractivity contribution in [1.82, 2.24) is 19.7 Å². The molecule has 3 heterocycles. The van der Waals surface area contributed by atoms with E-state index in [1.54, 1.807) is 16.2 Å². The number of carbonyl (C=O) groups is 1. The highest BCUT2D eigenvalue weighted by Gasteiger charge is 2.35. The van der Waals surface area contributed by atoms with Gasteiger partial charge >= 0.3 is 6.18 Å². The van der Waals surface area contributed by atoms with Crippen molar-refractivity contribution >= 4 is 23.3 Å². The van der Waals surface area contributed by atoms with Crippen molar-refractivity contribution in [2.45, 2.75) is 51.2 Å². The van der Waals surface area contributed by atoms with E-state index in [1.165, 1.54) is 11.8 Å². The molecular formula is C19H21F3N4OS. The van der Waals surface area contributed by atoms with Crippen LogP contribution in [0.25, 0.3) is 6.08 Å². The van der Waals surface area contributed by atoms with Crippen LogP contribution in [0.15, 0.2) is 12.1 Å². The molecule has 1 aliphatic carbocycles. The number of thiazole rings is 1. The molecule has 0 aromatic carbocycles. The first-order valence-corrected chi connectivity index (χ1v) is 10.2. The van der Waals surface area contributed by atoms with E-state index in [0.717, 1.165) is 47.1 Å². The zero-order valence-corrected chi connectivity index (χ0v) is 16.3. The summed E-state index contributed by atoms with van der Waals surface area (Å²) in [4.78, 5) is 20.4. The maximum Gasteiger partial charge on any atom is 0.435 e. The van der Waals surface area contributed by atoms with Crippen LogP contribution in [0.4, 0.5) is 13.2 Å². The van der Waals surface area contributed by atoms with Gasteiger partial charge < -0.3 is 4.90 Å². The van der Waals surface area contributed by atoms with Gasteiger partial charge in [0.2, 0.25) is 5.91 Å². The first kappa shape index (κ1) is 19.2. The zero-order chi connectivity index (χ0) is 19.9. The van der Waals surface area contributed by atoms with Crippen molar-refractivity contribution in [1.29, 1.82) is 0 Å². The van der Waals surface area contributed by atoms with Crippen LogP contribution in [0.3, 0.4) is 0 Å². The van der Waals surface area contributed by atoms with E-state index in [0.29, 0.717) is 24.7 Å². The fourth-order valence-corrected chi connectivity index (χ4v) is 4.93. The molecule has 1 fully saturated rings. The molecule has 28 heavy (non-hydrogen) atoms. The highest BCUT2D eigenvalue weighted by molar-refractivity contribution is 7.11. The van der Waals surface area contributed by atoms with E-state index in [1.807, 2.05) is 0 Å². The third-order valence-electron chi connectivity index (χ3n) is 5.31. The van der Waals surface area contributed by atoms with Crippen molar-refractivity contribution in [3.63, 3.8) is 0 Å². The van der Waals surface area contributed by atoms with Crippen molar-refractivity contribution < 1.29 is 18.0 Å². The Morgan fingerprint density at radius 2 is 2.07 bits per heavy atom. The molecule has 150 valence electrons. The minimum Gasteiger partial charge on any atom is -0.341 e. The number of allylic oxidation sites excluding steroid dienone is 1. The molecule has 0 saturated carbocycles. The standard InChI is InChI=1S/C19H21F3N4OS/c1-12-10-16(19(20,21)22)24-26(12)11-17(27)25-8-6-13(7-9-25)18-23-14-4-2-3-5-15(14)28-18/h2,4,10,13H,3,5-9,11H2,1H3. The Labute approximate surface area is 164 Å². The number of likely N-dealkylation sites (tertiary alicyclic amines) is 1. The molecule has 2 aromatic rings. The van der Waals surface area contributed by atoms with Crippen LogP contribution < -0.4 is 0 Å². The van der Waals surface area contributed by atoms with Crippen LogP contribution in [-0.4, -0.2) is 38.7 Å². The van der Waals surface area contributed by atoms with Gasteiger partial charge in [0, 0.05) is 29.6 Å². The lowest BCUT2D eigenvalue weighted by Crippen LogP contribution is -2.40. The van der Waals surface area contributed by atoms with Crippen LogP contribution in [0.1, 0.15) is 52.1 Å². The number of aromatic nitrogens is 3. The minimum atomic E-state index is -4.50. The van der Waals surface area contributed by atoms with E-state index in [4.69, 9.17) is 4.98 Å². The number of halogens is 3. The van der Waals surface area contributed by atoms with Crippen LogP contribution >= 0.6 is 11.3 Å². The van der Waals surface area contributed by atoms with Crippen LogP contribution in [-0.2, 0) is 23.9 Å². The Kier molecular flexibility index (Phi) is 5.03. The van der Waals surface area contributed by atoms with Gasteiger partial charge in [-0.15, -0.1) is 11.3 Å². The molecule has 0 bridgehead atoms. The summed E-state index contributed by atoms with van der Waals surface area (Å²) in [6.45, 7) is 2.55. The maximum atomic E-state index is 12.8. The molecule has 9 heteroatoms. The molecule has 2 aromatic heterocycles. The average molecular weight is 410 g/mol. The van der Waals surface area contributed by atoms with Gasteiger partial charge in [0.25, 0.3) is 0 Å². The van der Waals surface area contributed by atoms with Gasteiger partial charge in [-0.1, -0.05) is 6.08 Å². The van der Waals surface area contributed by atoms with Crippen molar-refractivity contribution in [3.8, 4) is 0 Å². The predicted molar refractivity (Wildman–Crippen MR) is 100.0 cm³/mol. The Morgan fingerprint density at radius 3 is 2.71 bits per heavy atom. The van der Waals surface area contributed by atoms with Gasteiger partial charge in [0.05, 0.1) is 10.7 Å². The summed E-state index contributed by atoms with van der Waals surface area (Å²) >= 11 is 1.77. The third-order valence-corrected chi connectivity index (χ3v) is 6.60. The lowest BCUT2D eigenvalue weighted by Gasteiger charge is -2.31. The molecule has 0 spiro atoms. The Bertz CT molecular complexity index is 907. The first-order chi connectivity index (χ1) is 13.3. The largest absolute Gasteiger partial charge is 0.435 e. The Hall–Kier alpha value is -2.16. The normalized spacial score (nSPS) is 17.8. The molecule has 4 rings (SSSR count). The molecule has 5 nitrogen and oxygen atoms in total. The second-order valence-electron chi connectivity index (χ2n) is 7.28. The number of rotatable bonds is 3. The number of nitrogens with zero attached hydrogens (tertiary/aromatic N) is 4. The van der Waals surface area contributed by atoms with Gasteiger partial charge in [-0.2, -0.15) is 18.3 Å². The molecule has 1 saturated heterocycles. The smallest absolute Gasteiger partial charge is 0.341 e. The van der Waals surface area contributed by atoms with E-state index in [-0.39, 0.29) is 12.5 Å². The van der Waals surface area contributed by atoms with Crippen molar-refractivity contribution in [3.05, 3.63) is 39.1 Å². The summed E-state index contributed by atoms with van der Waals surface area (Å²) in [6.07, 6.45) is 3.49. The first-order valence-electron chi connectivity index (χ1n) is 9.37. The van der Waals surface area contributed by atoms with Crippen LogP contribution in [0.2, 0.25) is 0 Å². The molecule has 0 unspecified atom stereocenters. The summed E-state index contributed by atoms with van der Waals surface area (Å²) in [7, 11) is 0. The topological polar surface area (TPSA) is 51.0 Å². The number of fused-ring (bicyclic) bond motifs is 1. The number of hydrogen-bond acceptors (Lipinski definition) is 4. The summed E-state index contributed by atoms with van der Waals surface area (Å²) in [6, 6.07) is 0.970. The molecule has 1 aliphatic heterocycles. The number of piperidine rings is 1. The predicted octanol–water partition coefficient (Wildman–Crippen LogP) is 4.03. The fourth-order valence-electron chi connectivity index (χ4n) is 3.69. The lowest BCUT2D eigenvalue weighted by atomic mass is 9.97. The Morgan fingerprint density at radius 1 is 1.32 bits per heavy atom. The summed E-state index contributed by atoms with van der Waals surface area (Å²) < 4.78 is 39.5. The second-order valence-corrected chi connectivity index (χ2v) is 8.40. The molecule has 2 aliphatic rings. The van der Waals surface area contributed by atoms with Gasteiger partial charge in [-0.3, -0.25) is 9.48 Å². The molecule has 0 N–H and O–H groups in total. The van der Waals surface area contributed by atoms with Crippen molar-refractivity contribution in [2.24, 2.45) is 0 Å². The van der Waals surface area contributed by atoms with E-state index in [2.05, 4.69) is 17.3 Å². The number of amides is 1. The molecule has 1 amide bonds. The lowest BCUT2D eigenvalue weighted by molar-refractivity contribution is -0.142. The SMILES string of the molecule is Cc1cc(C(F)(F)F)nn1CC(=O)N1CCC(c2nc3c(s2)CCC=C3)CC1. The van der Waals surface area contributed by atoms with E-state index < -0.39 is 11.9 Å². The van der Waals surface area contributed by atoms with Gasteiger partial charge in [0.15, 0.2) is 5.69 Å². The Balaban J connectivity index is 1.36. The van der Waals surface area contributed by atoms with Crippen LogP contribution in [0, 0.1) is 6.92 Å². The average Bonchev–Trinajstić information content (AvgIpc) is 3.25. The van der Waals surface area contributed by atoms with Gasteiger partial charge in [-0.05, 0) is 44.7 Å². The number of aryl methyl sites for hydroxylation is 2. The van der Waals surface area contributed by atoms with Crippen molar-refractivity contribution in [2.75, 3.05) is 13.1 Å². The highest BCUT2D eigenvalue weighted by Crippen LogP contribution is 2.35. The van der Waals surface area contributed by atoms with Crippen LogP contribution in [0.5, 0.6) is 0 Å². The molecular weight excluding hydrogens is 389 g/mol. The highest BCUT2D eigenvalue weighted by atomic mass is 32.1. The fraction of sp³-hybridized carbons (Fsp3) is 0.526. The summed E-state index contributed by atoms with van der Waals surface area (Å²) in [5, 5.41) is 4.69.